The molecule has 0 bridgehead atoms. The Morgan fingerprint density at radius 3 is 2.47 bits per heavy atom. The standard InChI is InChI=1S/C21H15F8N7O6S.H2/c1-41-9-15(37)42-5-4-35-18(32-33-34-35)43-14-3-2-11(36(39)40)7-12(14)17(38)31-16-13(22)6-10(8-30-16)19(23,24)20(25,26)21(27,28)29;/h2-3,6-8H,4-5,9H2,1H3,(H,30,31,38);1H. The van der Waals surface area contributed by atoms with E-state index in [4.69, 9.17) is 4.74 Å². The first-order valence-electron chi connectivity index (χ1n) is 11.2. The van der Waals surface area contributed by atoms with Crippen LogP contribution in [0.3, 0.4) is 0 Å². The first-order valence-corrected chi connectivity index (χ1v) is 12.0. The predicted molar refractivity (Wildman–Crippen MR) is 127 cm³/mol. The fourth-order valence-electron chi connectivity index (χ4n) is 3.05. The first kappa shape index (κ1) is 33.0. The summed E-state index contributed by atoms with van der Waals surface area (Å²) in [5, 5.41) is 23.9. The zero-order valence-electron chi connectivity index (χ0n) is 21.1. The highest BCUT2D eigenvalue weighted by molar-refractivity contribution is 7.99. The zero-order chi connectivity index (χ0) is 32.2. The smallest absolute Gasteiger partial charge is 0.460 e. The zero-order valence-corrected chi connectivity index (χ0v) is 21.9. The van der Waals surface area contributed by atoms with Crippen molar-refractivity contribution in [3.05, 3.63) is 57.5 Å². The van der Waals surface area contributed by atoms with Crippen molar-refractivity contribution in [1.82, 2.24) is 25.2 Å². The van der Waals surface area contributed by atoms with Crippen LogP contribution in [0.25, 0.3) is 0 Å². The Kier molecular flexibility index (Phi) is 9.84. The van der Waals surface area contributed by atoms with Crippen LogP contribution in [0.5, 0.6) is 0 Å². The molecule has 0 radical (unpaired) electrons. The molecule has 0 atom stereocenters. The number of nitro benzene ring substituents is 1. The van der Waals surface area contributed by atoms with Crippen LogP contribution in [-0.2, 0) is 26.7 Å². The van der Waals surface area contributed by atoms with Gasteiger partial charge in [0.15, 0.2) is 11.6 Å². The number of benzene rings is 1. The van der Waals surface area contributed by atoms with Gasteiger partial charge in [-0.25, -0.2) is 18.9 Å². The fourth-order valence-corrected chi connectivity index (χ4v) is 3.95. The SMILES string of the molecule is COCC(=O)OCCn1nnnc1Sc1ccc([N+](=O)[O-])cc1C(=O)Nc1ncc(C(F)(F)C(F)(F)C(F)(F)F)cc1F.[HH]. The molecule has 0 unspecified atom stereocenters. The Morgan fingerprint density at radius 2 is 1.86 bits per heavy atom. The molecule has 2 heterocycles. The van der Waals surface area contributed by atoms with Crippen molar-refractivity contribution in [2.75, 3.05) is 25.6 Å². The van der Waals surface area contributed by atoms with Gasteiger partial charge in [0, 0.05) is 37.3 Å². The molecule has 1 amide bonds. The quantitative estimate of drug-likeness (QED) is 0.129. The molecule has 0 spiro atoms. The van der Waals surface area contributed by atoms with Gasteiger partial charge in [-0.05, 0) is 34.3 Å². The maximum absolute atomic E-state index is 14.5. The number of esters is 1. The number of amides is 1. The van der Waals surface area contributed by atoms with Crippen LogP contribution in [0.15, 0.2) is 40.5 Å². The maximum Gasteiger partial charge on any atom is 0.460 e. The van der Waals surface area contributed by atoms with Crippen LogP contribution < -0.4 is 5.32 Å². The normalized spacial score (nSPS) is 12.2. The summed E-state index contributed by atoms with van der Waals surface area (Å²) in [5.41, 5.74) is -3.30. The van der Waals surface area contributed by atoms with Crippen molar-refractivity contribution in [2.24, 2.45) is 0 Å². The van der Waals surface area contributed by atoms with Gasteiger partial charge >= 0.3 is 24.0 Å². The lowest BCUT2D eigenvalue weighted by Crippen LogP contribution is -2.50. The number of carbonyl (C=O) groups excluding carboxylic acids is 2. The minimum atomic E-state index is -6.69. The summed E-state index contributed by atoms with van der Waals surface area (Å²) >= 11 is 0.666. The van der Waals surface area contributed by atoms with Gasteiger partial charge in [-0.15, -0.1) is 5.10 Å². The van der Waals surface area contributed by atoms with Gasteiger partial charge in [0.1, 0.15) is 13.2 Å². The monoisotopic (exact) mass is 647 g/mol. The second-order valence-electron chi connectivity index (χ2n) is 8.03. The van der Waals surface area contributed by atoms with E-state index < -0.39 is 63.3 Å². The van der Waals surface area contributed by atoms with E-state index >= 15 is 0 Å². The molecule has 234 valence electrons. The second-order valence-corrected chi connectivity index (χ2v) is 9.04. The number of aromatic nitrogens is 5. The number of ether oxygens (including phenoxy) is 2. The predicted octanol–water partition coefficient (Wildman–Crippen LogP) is 4.24. The summed E-state index contributed by atoms with van der Waals surface area (Å²) in [6.07, 6.45) is -6.89. The third-order valence-corrected chi connectivity index (χ3v) is 6.18. The first-order chi connectivity index (χ1) is 20.0. The third-order valence-electron chi connectivity index (χ3n) is 5.13. The number of methoxy groups -OCH3 is 1. The number of pyridine rings is 1. The minimum Gasteiger partial charge on any atom is -0.462 e. The summed E-state index contributed by atoms with van der Waals surface area (Å²) in [6.45, 7) is -0.610. The van der Waals surface area contributed by atoms with Gasteiger partial charge in [-0.2, -0.15) is 30.7 Å². The number of halogens is 8. The van der Waals surface area contributed by atoms with E-state index in [1.807, 2.05) is 0 Å². The lowest BCUT2D eigenvalue weighted by Gasteiger charge is -2.28. The highest BCUT2D eigenvalue weighted by Crippen LogP contribution is 2.51. The molecular weight excluding hydrogens is 630 g/mol. The van der Waals surface area contributed by atoms with E-state index in [9.17, 15) is 54.8 Å². The molecule has 0 aliphatic rings. The number of non-ortho nitro benzene ring substituents is 1. The summed E-state index contributed by atoms with van der Waals surface area (Å²) in [6, 6.07) is 2.43. The molecule has 43 heavy (non-hydrogen) atoms. The Labute approximate surface area is 239 Å². The summed E-state index contributed by atoms with van der Waals surface area (Å²) in [5.74, 6) is -17.6. The second kappa shape index (κ2) is 12.8. The Hall–Kier alpha value is -4.47. The number of carbonyl (C=O) groups is 2. The third kappa shape index (κ3) is 7.31. The number of tetrazole rings is 1. The van der Waals surface area contributed by atoms with Gasteiger partial charge in [0.05, 0.1) is 17.0 Å². The molecule has 3 rings (SSSR count). The molecule has 1 aromatic carbocycles. The van der Waals surface area contributed by atoms with Crippen LogP contribution in [-0.4, -0.2) is 74.4 Å². The average Bonchev–Trinajstić information content (AvgIpc) is 3.35. The lowest BCUT2D eigenvalue weighted by atomic mass is 10.0. The van der Waals surface area contributed by atoms with Crippen molar-refractivity contribution < 1.29 is 60.5 Å². The number of alkyl halides is 7. The van der Waals surface area contributed by atoms with Gasteiger partial charge in [-0.3, -0.25) is 14.9 Å². The fraction of sp³-hybridized carbons (Fsp3) is 0.333. The van der Waals surface area contributed by atoms with Gasteiger partial charge in [-0.1, -0.05) is 0 Å². The van der Waals surface area contributed by atoms with Crippen LogP contribution in [0.4, 0.5) is 46.6 Å². The molecule has 0 aliphatic carbocycles. The van der Waals surface area contributed by atoms with Crippen molar-refractivity contribution >= 4 is 35.1 Å². The number of hydrogen-bond donors (Lipinski definition) is 1. The highest BCUT2D eigenvalue weighted by atomic mass is 32.2. The Bertz CT molecular complexity index is 1530. The number of hydrogen-bond acceptors (Lipinski definition) is 11. The van der Waals surface area contributed by atoms with E-state index in [0.29, 0.717) is 11.8 Å². The van der Waals surface area contributed by atoms with Crippen molar-refractivity contribution in [3.8, 4) is 0 Å². The number of nitrogens with zero attached hydrogens (tertiary/aromatic N) is 6. The number of nitro groups is 1. The van der Waals surface area contributed by atoms with Gasteiger partial charge in [0.2, 0.25) is 5.16 Å². The van der Waals surface area contributed by atoms with E-state index in [-0.39, 0.29) is 43.5 Å². The van der Waals surface area contributed by atoms with Crippen molar-refractivity contribution in [2.45, 2.75) is 34.6 Å². The molecule has 13 nitrogen and oxygen atoms in total. The number of nitrogens with one attached hydrogen (secondary N) is 1. The molecule has 0 saturated carbocycles. The van der Waals surface area contributed by atoms with Crippen LogP contribution >= 0.6 is 11.8 Å². The lowest BCUT2D eigenvalue weighted by molar-refractivity contribution is -0.384. The topological polar surface area (TPSA) is 164 Å². The van der Waals surface area contributed by atoms with Crippen LogP contribution in [0.2, 0.25) is 0 Å². The molecule has 2 aromatic heterocycles. The average molecular weight is 647 g/mol. The van der Waals surface area contributed by atoms with E-state index in [0.717, 1.165) is 22.9 Å². The van der Waals surface area contributed by atoms with E-state index in [1.54, 1.807) is 5.32 Å². The summed E-state index contributed by atoms with van der Waals surface area (Å²) in [4.78, 5) is 37.7. The van der Waals surface area contributed by atoms with Crippen molar-refractivity contribution in [3.63, 3.8) is 0 Å². The minimum absolute atomic E-state index is 0. The molecular formula is C21H17F8N7O6S. The molecule has 3 aromatic rings. The van der Waals surface area contributed by atoms with Crippen LogP contribution in [0, 0.1) is 15.9 Å². The molecule has 0 aliphatic heterocycles. The Balaban J connectivity index is 0.00000675. The number of anilines is 1. The van der Waals surface area contributed by atoms with Gasteiger partial charge in [0.25, 0.3) is 11.6 Å². The summed E-state index contributed by atoms with van der Waals surface area (Å²) in [7, 11) is 1.27. The molecule has 22 heteroatoms. The molecule has 0 saturated heterocycles. The largest absolute Gasteiger partial charge is 0.462 e. The summed E-state index contributed by atoms with van der Waals surface area (Å²) < 4.78 is 117. The Morgan fingerprint density at radius 1 is 1.16 bits per heavy atom. The molecule has 0 fully saturated rings. The van der Waals surface area contributed by atoms with E-state index in [1.165, 1.54) is 7.11 Å². The number of rotatable bonds is 12. The maximum atomic E-state index is 14.5. The highest BCUT2D eigenvalue weighted by Gasteiger charge is 2.73. The van der Waals surface area contributed by atoms with Crippen molar-refractivity contribution in [1.29, 1.82) is 0 Å². The van der Waals surface area contributed by atoms with Gasteiger partial charge < -0.3 is 14.8 Å². The van der Waals surface area contributed by atoms with E-state index in [2.05, 4.69) is 25.2 Å². The van der Waals surface area contributed by atoms with Crippen LogP contribution in [0.1, 0.15) is 17.3 Å². The molecule has 1 N–H and O–H groups in total.